The molecule has 0 aromatic heterocycles. The zero-order valence-corrected chi connectivity index (χ0v) is 12.7. The van der Waals surface area contributed by atoms with Crippen LogP contribution in [0.1, 0.15) is 49.4 Å². The van der Waals surface area contributed by atoms with Gasteiger partial charge in [-0.05, 0) is 46.3 Å². The van der Waals surface area contributed by atoms with Crippen LogP contribution in [0.2, 0.25) is 0 Å². The van der Waals surface area contributed by atoms with E-state index in [1.54, 1.807) is 12.1 Å². The van der Waals surface area contributed by atoms with E-state index in [4.69, 9.17) is 0 Å². The molecule has 1 aromatic rings. The maximum absolute atomic E-state index is 13.4. The molecule has 2 nitrogen and oxygen atoms in total. The fourth-order valence-corrected chi connectivity index (χ4v) is 3.09. The Labute approximate surface area is 121 Å². The maximum Gasteiger partial charge on any atom is 0.252 e. The van der Waals surface area contributed by atoms with E-state index in [1.165, 1.54) is 25.3 Å². The molecular formula is C15H19BrFNO. The number of carbonyl (C=O) groups is 1. The van der Waals surface area contributed by atoms with Crippen LogP contribution in [0, 0.1) is 11.2 Å². The molecule has 0 bridgehead atoms. The maximum atomic E-state index is 13.4. The van der Waals surface area contributed by atoms with Crippen LogP contribution in [-0.4, -0.2) is 12.5 Å². The van der Waals surface area contributed by atoms with Gasteiger partial charge in [0.2, 0.25) is 0 Å². The zero-order chi connectivity index (χ0) is 13.9. The van der Waals surface area contributed by atoms with Gasteiger partial charge in [0.15, 0.2) is 0 Å². The van der Waals surface area contributed by atoms with Crippen molar-refractivity contribution >= 4 is 21.8 Å². The molecule has 1 fully saturated rings. The second-order valence-electron chi connectivity index (χ2n) is 5.66. The van der Waals surface area contributed by atoms with Crippen molar-refractivity contribution in [1.82, 2.24) is 5.32 Å². The lowest BCUT2D eigenvalue weighted by atomic mass is 9.76. The third-order valence-corrected chi connectivity index (χ3v) is 4.74. The molecule has 0 unspecified atom stereocenters. The lowest BCUT2D eigenvalue weighted by molar-refractivity contribution is 0.0918. The first-order chi connectivity index (χ1) is 9.02. The van der Waals surface area contributed by atoms with Crippen LogP contribution in [0.5, 0.6) is 0 Å². The van der Waals surface area contributed by atoms with Crippen LogP contribution in [0.25, 0.3) is 0 Å². The molecule has 0 spiro atoms. The summed E-state index contributed by atoms with van der Waals surface area (Å²) in [7, 11) is 0. The van der Waals surface area contributed by atoms with Crippen LogP contribution in [0.3, 0.4) is 0 Å². The summed E-state index contributed by atoms with van der Waals surface area (Å²) < 4.78 is 13.6. The summed E-state index contributed by atoms with van der Waals surface area (Å²) in [6.07, 6.45) is 6.06. The Balaban J connectivity index is 1.99. The number of carbonyl (C=O) groups excluding carboxylic acids is 1. The van der Waals surface area contributed by atoms with Gasteiger partial charge in [-0.2, -0.15) is 0 Å². The molecule has 1 N–H and O–H groups in total. The van der Waals surface area contributed by atoms with Gasteiger partial charge in [-0.15, -0.1) is 0 Å². The second kappa shape index (κ2) is 6.04. The van der Waals surface area contributed by atoms with Gasteiger partial charge in [0.1, 0.15) is 5.82 Å². The first-order valence-electron chi connectivity index (χ1n) is 6.74. The molecular weight excluding hydrogens is 309 g/mol. The quantitative estimate of drug-likeness (QED) is 0.881. The average Bonchev–Trinajstić information content (AvgIpc) is 2.40. The van der Waals surface area contributed by atoms with E-state index in [2.05, 4.69) is 28.2 Å². The van der Waals surface area contributed by atoms with Gasteiger partial charge in [-0.3, -0.25) is 4.79 Å². The van der Waals surface area contributed by atoms with E-state index in [-0.39, 0.29) is 15.8 Å². The average molecular weight is 328 g/mol. The number of amides is 1. The Morgan fingerprint density at radius 2 is 2.05 bits per heavy atom. The first-order valence-corrected chi connectivity index (χ1v) is 7.53. The molecule has 0 radical (unpaired) electrons. The van der Waals surface area contributed by atoms with E-state index in [0.29, 0.717) is 12.1 Å². The molecule has 1 aliphatic rings. The Morgan fingerprint density at radius 1 is 1.37 bits per heavy atom. The summed E-state index contributed by atoms with van der Waals surface area (Å²) in [4.78, 5) is 12.1. The monoisotopic (exact) mass is 327 g/mol. The Morgan fingerprint density at radius 3 is 2.74 bits per heavy atom. The smallest absolute Gasteiger partial charge is 0.252 e. The van der Waals surface area contributed by atoms with Crippen LogP contribution in [0.15, 0.2) is 22.7 Å². The first kappa shape index (κ1) is 14.5. The predicted octanol–water partition coefficient (Wildman–Crippen LogP) is 4.29. The third kappa shape index (κ3) is 3.56. The van der Waals surface area contributed by atoms with Gasteiger partial charge >= 0.3 is 0 Å². The largest absolute Gasteiger partial charge is 0.351 e. The van der Waals surface area contributed by atoms with Crippen LogP contribution in [-0.2, 0) is 0 Å². The minimum Gasteiger partial charge on any atom is -0.351 e. The summed E-state index contributed by atoms with van der Waals surface area (Å²) in [6.45, 7) is 2.88. The highest BCUT2D eigenvalue weighted by Crippen LogP contribution is 2.35. The molecule has 4 heteroatoms. The summed E-state index contributed by atoms with van der Waals surface area (Å²) in [6, 6.07) is 4.52. The van der Waals surface area contributed by atoms with Crippen molar-refractivity contribution in [1.29, 1.82) is 0 Å². The van der Waals surface area contributed by atoms with E-state index >= 15 is 0 Å². The zero-order valence-electron chi connectivity index (χ0n) is 11.1. The number of hydrogen-bond acceptors (Lipinski definition) is 1. The lowest BCUT2D eigenvalue weighted by Crippen LogP contribution is -2.37. The van der Waals surface area contributed by atoms with Gasteiger partial charge in [-0.1, -0.05) is 32.3 Å². The molecule has 2 rings (SSSR count). The number of nitrogens with one attached hydrogen (secondary N) is 1. The second-order valence-corrected chi connectivity index (χ2v) is 6.45. The molecule has 0 atom stereocenters. The van der Waals surface area contributed by atoms with E-state index < -0.39 is 5.82 Å². The van der Waals surface area contributed by atoms with Crippen molar-refractivity contribution in [2.45, 2.75) is 39.0 Å². The number of halogens is 2. The minimum absolute atomic E-state index is 0.188. The van der Waals surface area contributed by atoms with E-state index in [1.807, 2.05) is 0 Å². The van der Waals surface area contributed by atoms with Crippen LogP contribution >= 0.6 is 15.9 Å². The molecule has 1 saturated carbocycles. The molecule has 0 heterocycles. The van der Waals surface area contributed by atoms with Crippen LogP contribution < -0.4 is 5.32 Å². The highest BCUT2D eigenvalue weighted by molar-refractivity contribution is 9.10. The van der Waals surface area contributed by atoms with Crippen molar-refractivity contribution in [3.63, 3.8) is 0 Å². The number of hydrogen-bond donors (Lipinski definition) is 1. The summed E-state index contributed by atoms with van der Waals surface area (Å²) >= 11 is 3.12. The molecule has 19 heavy (non-hydrogen) atoms. The highest BCUT2D eigenvalue weighted by atomic mass is 79.9. The molecule has 1 aromatic carbocycles. The summed E-state index contributed by atoms with van der Waals surface area (Å²) in [5, 5.41) is 2.94. The summed E-state index contributed by atoms with van der Waals surface area (Å²) in [5.74, 6) is -0.616. The molecule has 1 aliphatic carbocycles. The molecule has 0 saturated heterocycles. The topological polar surface area (TPSA) is 29.1 Å². The van der Waals surface area contributed by atoms with Gasteiger partial charge in [0.05, 0.1) is 10.0 Å². The minimum atomic E-state index is -0.406. The molecule has 0 aliphatic heterocycles. The number of rotatable bonds is 3. The van der Waals surface area contributed by atoms with Crippen molar-refractivity contribution < 1.29 is 9.18 Å². The van der Waals surface area contributed by atoms with Gasteiger partial charge in [0.25, 0.3) is 5.91 Å². The Hall–Kier alpha value is -0.900. The van der Waals surface area contributed by atoms with Gasteiger partial charge in [0, 0.05) is 6.54 Å². The van der Waals surface area contributed by atoms with E-state index in [0.717, 1.165) is 12.8 Å². The van der Waals surface area contributed by atoms with Gasteiger partial charge < -0.3 is 5.32 Å². The highest BCUT2D eigenvalue weighted by Gasteiger charge is 2.27. The molecule has 1 amide bonds. The Kier molecular flexibility index (Phi) is 4.61. The lowest BCUT2D eigenvalue weighted by Gasteiger charge is -2.33. The summed E-state index contributed by atoms with van der Waals surface area (Å²) in [5.41, 5.74) is 0.549. The van der Waals surface area contributed by atoms with E-state index in [9.17, 15) is 9.18 Å². The van der Waals surface area contributed by atoms with Crippen LogP contribution in [0.4, 0.5) is 4.39 Å². The van der Waals surface area contributed by atoms with Crippen molar-refractivity contribution in [2.24, 2.45) is 5.41 Å². The fourth-order valence-electron chi connectivity index (χ4n) is 2.65. The predicted molar refractivity (Wildman–Crippen MR) is 77.6 cm³/mol. The Bertz CT molecular complexity index is 469. The number of benzene rings is 1. The normalized spacial score (nSPS) is 18.1. The molecule has 104 valence electrons. The third-order valence-electron chi connectivity index (χ3n) is 3.93. The standard InChI is InChI=1S/C15H19BrFNO/c1-15(8-3-2-4-9-15)10-18-14(19)11-6-5-7-12(17)13(11)16/h5-7H,2-4,8-10H2,1H3,(H,18,19). The SMILES string of the molecule is CC1(CNC(=O)c2cccc(F)c2Br)CCCCC1. The van der Waals surface area contributed by atoms with Crippen molar-refractivity contribution in [3.8, 4) is 0 Å². The van der Waals surface area contributed by atoms with Crippen molar-refractivity contribution in [2.75, 3.05) is 6.54 Å². The van der Waals surface area contributed by atoms with Crippen molar-refractivity contribution in [3.05, 3.63) is 34.1 Å². The fraction of sp³-hybridized carbons (Fsp3) is 0.533. The van der Waals surface area contributed by atoms with Gasteiger partial charge in [-0.25, -0.2) is 4.39 Å².